The molecule has 1 aromatic carbocycles. The second-order valence-corrected chi connectivity index (χ2v) is 8.45. The molecule has 7 nitrogen and oxygen atoms in total. The van der Waals surface area contributed by atoms with Crippen LogP contribution in [0.5, 0.6) is 0 Å². The van der Waals surface area contributed by atoms with Crippen LogP contribution in [0, 0.1) is 6.92 Å². The number of aromatic nitrogens is 1. The number of amides is 1. The lowest BCUT2D eigenvalue weighted by atomic mass is 9.97. The zero-order chi connectivity index (χ0) is 20.2. The molecule has 0 atom stereocenters. The Labute approximate surface area is 162 Å². The quantitative estimate of drug-likeness (QED) is 0.575. The fraction of sp³-hybridized carbons (Fsp3) is 0.222. The maximum atomic E-state index is 12.3. The average molecular weight is 408 g/mol. The first-order valence-electron chi connectivity index (χ1n) is 7.97. The number of carbonyl (C=O) groups excluding carboxylic acids is 1. The molecule has 0 saturated heterocycles. The van der Waals surface area contributed by atoms with Gasteiger partial charge >= 0.3 is 0 Å². The molecule has 2 rings (SSSR count). The Hall–Kier alpha value is -2.36. The fourth-order valence-electron chi connectivity index (χ4n) is 2.59. The molecule has 0 aliphatic heterocycles. The van der Waals surface area contributed by atoms with Crippen LogP contribution in [0.2, 0.25) is 0 Å². The molecule has 0 fully saturated rings. The Balaban J connectivity index is 2.40. The van der Waals surface area contributed by atoms with Crippen molar-refractivity contribution in [3.63, 3.8) is 0 Å². The second kappa shape index (κ2) is 8.55. The van der Waals surface area contributed by atoms with Crippen LogP contribution < -0.4 is 16.0 Å². The van der Waals surface area contributed by atoms with Crippen molar-refractivity contribution in [1.82, 2.24) is 9.71 Å². The lowest BCUT2D eigenvalue weighted by Crippen LogP contribution is -2.22. The van der Waals surface area contributed by atoms with Gasteiger partial charge < -0.3 is 10.7 Å². The number of thioether (sulfide) groups is 1. The van der Waals surface area contributed by atoms with Crippen molar-refractivity contribution in [2.45, 2.75) is 24.8 Å². The van der Waals surface area contributed by atoms with Crippen molar-refractivity contribution in [3.8, 4) is 0 Å². The van der Waals surface area contributed by atoms with Gasteiger partial charge in [0.05, 0.1) is 0 Å². The molecule has 0 unspecified atom stereocenters. The number of H-pyrrole nitrogens is 1. The van der Waals surface area contributed by atoms with Crippen molar-refractivity contribution in [2.75, 3.05) is 6.26 Å². The number of nitrogens with two attached hydrogens (primary N) is 1. The molecular formula is C18H21N3O4S2. The summed E-state index contributed by atoms with van der Waals surface area (Å²) in [5.74, 6) is -0.646. The third-order valence-corrected chi connectivity index (χ3v) is 5.74. The topological polar surface area (TPSA) is 122 Å². The van der Waals surface area contributed by atoms with Crippen LogP contribution in [0.15, 0.2) is 45.9 Å². The molecule has 2 aromatic rings. The minimum Gasteiger partial charge on any atom is -0.366 e. The molecule has 0 aliphatic rings. The molecular weight excluding hydrogens is 386 g/mol. The first-order chi connectivity index (χ1) is 12.7. The van der Waals surface area contributed by atoms with Gasteiger partial charge in [-0.05, 0) is 36.4 Å². The van der Waals surface area contributed by atoms with Gasteiger partial charge in [-0.3, -0.25) is 9.59 Å². The number of aryl methyl sites for hydroxylation is 1. The molecule has 144 valence electrons. The minimum absolute atomic E-state index is 0.00388. The third kappa shape index (κ3) is 5.31. The van der Waals surface area contributed by atoms with E-state index in [0.29, 0.717) is 16.7 Å². The summed E-state index contributed by atoms with van der Waals surface area (Å²) in [5.41, 5.74) is 8.01. The number of aromatic amines is 1. The van der Waals surface area contributed by atoms with Gasteiger partial charge in [0.1, 0.15) is 0 Å². The summed E-state index contributed by atoms with van der Waals surface area (Å²) < 4.78 is 25.3. The number of primary amides is 1. The van der Waals surface area contributed by atoms with Crippen molar-refractivity contribution in [1.29, 1.82) is 0 Å². The standard InChI is InChI=1S/C18H21N3O4S2/c1-4-27(24,25)20-10-12-5-6-13(14(8-12)17(19)22)9-15-16(26-3)7-11(2)21-18(15)23/h4-8,20H,1,9-10H2,2-3H3,(H2,19,22)(H,21,23). The van der Waals surface area contributed by atoms with E-state index in [9.17, 15) is 18.0 Å². The van der Waals surface area contributed by atoms with Gasteiger partial charge in [0, 0.05) is 40.1 Å². The van der Waals surface area contributed by atoms with Gasteiger partial charge in [0.15, 0.2) is 0 Å². The van der Waals surface area contributed by atoms with Crippen LogP contribution in [-0.4, -0.2) is 25.6 Å². The van der Waals surface area contributed by atoms with E-state index < -0.39 is 15.9 Å². The Morgan fingerprint density at radius 2 is 2.07 bits per heavy atom. The number of hydrogen-bond acceptors (Lipinski definition) is 5. The highest BCUT2D eigenvalue weighted by atomic mass is 32.2. The van der Waals surface area contributed by atoms with Gasteiger partial charge in [-0.1, -0.05) is 18.7 Å². The Morgan fingerprint density at radius 3 is 2.67 bits per heavy atom. The van der Waals surface area contributed by atoms with Gasteiger partial charge in [-0.2, -0.15) is 0 Å². The van der Waals surface area contributed by atoms with E-state index in [0.717, 1.165) is 16.0 Å². The number of hydrogen-bond donors (Lipinski definition) is 3. The average Bonchev–Trinajstić information content (AvgIpc) is 2.62. The van der Waals surface area contributed by atoms with E-state index in [1.165, 1.54) is 17.8 Å². The first-order valence-corrected chi connectivity index (χ1v) is 10.7. The number of rotatable bonds is 8. The van der Waals surface area contributed by atoms with Crippen LogP contribution in [0.1, 0.15) is 32.7 Å². The number of benzene rings is 1. The lowest BCUT2D eigenvalue weighted by Gasteiger charge is -2.12. The maximum Gasteiger partial charge on any atom is 0.252 e. The predicted octanol–water partition coefficient (Wildman–Crippen LogP) is 1.66. The van der Waals surface area contributed by atoms with Crippen molar-refractivity contribution in [2.24, 2.45) is 5.73 Å². The van der Waals surface area contributed by atoms with E-state index in [4.69, 9.17) is 5.73 Å². The van der Waals surface area contributed by atoms with Gasteiger partial charge in [0.25, 0.3) is 5.56 Å². The van der Waals surface area contributed by atoms with Crippen LogP contribution in [0.4, 0.5) is 0 Å². The zero-order valence-corrected chi connectivity index (χ0v) is 16.7. The van der Waals surface area contributed by atoms with Crippen molar-refractivity contribution >= 4 is 27.7 Å². The van der Waals surface area contributed by atoms with E-state index in [-0.39, 0.29) is 24.1 Å². The summed E-state index contributed by atoms with van der Waals surface area (Å²) in [6, 6.07) is 6.78. The Bertz CT molecular complexity index is 1040. The van der Waals surface area contributed by atoms with Crippen molar-refractivity contribution < 1.29 is 13.2 Å². The Morgan fingerprint density at radius 1 is 1.37 bits per heavy atom. The highest BCUT2D eigenvalue weighted by molar-refractivity contribution is 7.98. The number of pyridine rings is 1. The summed E-state index contributed by atoms with van der Waals surface area (Å²) in [5, 5.41) is 0.810. The molecule has 0 saturated carbocycles. The van der Waals surface area contributed by atoms with Gasteiger partial charge in [-0.25, -0.2) is 13.1 Å². The molecule has 9 heteroatoms. The number of nitrogens with one attached hydrogen (secondary N) is 2. The fourth-order valence-corrected chi connectivity index (χ4v) is 3.78. The van der Waals surface area contributed by atoms with E-state index >= 15 is 0 Å². The number of carbonyl (C=O) groups is 1. The van der Waals surface area contributed by atoms with Crippen LogP contribution >= 0.6 is 11.8 Å². The van der Waals surface area contributed by atoms with E-state index in [2.05, 4.69) is 16.3 Å². The minimum atomic E-state index is -3.58. The summed E-state index contributed by atoms with van der Waals surface area (Å²) in [6.45, 7) is 5.02. The summed E-state index contributed by atoms with van der Waals surface area (Å²) in [4.78, 5) is 27.8. The summed E-state index contributed by atoms with van der Waals surface area (Å²) in [7, 11) is -3.58. The largest absolute Gasteiger partial charge is 0.366 e. The van der Waals surface area contributed by atoms with E-state index in [1.54, 1.807) is 19.1 Å². The predicted molar refractivity (Wildman–Crippen MR) is 107 cm³/mol. The molecule has 0 bridgehead atoms. The third-order valence-electron chi connectivity index (χ3n) is 3.95. The smallest absolute Gasteiger partial charge is 0.252 e. The first kappa shape index (κ1) is 20.9. The van der Waals surface area contributed by atoms with E-state index in [1.807, 2.05) is 12.3 Å². The molecule has 0 radical (unpaired) electrons. The normalized spacial score (nSPS) is 11.3. The highest BCUT2D eigenvalue weighted by Crippen LogP contribution is 2.23. The van der Waals surface area contributed by atoms with Gasteiger partial charge in [-0.15, -0.1) is 11.8 Å². The molecule has 0 spiro atoms. The summed E-state index contributed by atoms with van der Waals surface area (Å²) in [6.07, 6.45) is 2.12. The lowest BCUT2D eigenvalue weighted by molar-refractivity contribution is 0.0999. The second-order valence-electron chi connectivity index (χ2n) is 5.89. The maximum absolute atomic E-state index is 12.3. The highest BCUT2D eigenvalue weighted by Gasteiger charge is 2.15. The molecule has 1 heterocycles. The molecule has 1 amide bonds. The monoisotopic (exact) mass is 407 g/mol. The van der Waals surface area contributed by atoms with Crippen molar-refractivity contribution in [3.05, 3.63) is 74.6 Å². The molecule has 0 aliphatic carbocycles. The van der Waals surface area contributed by atoms with Crippen LogP contribution in [-0.2, 0) is 23.0 Å². The SMILES string of the molecule is C=CS(=O)(=O)NCc1ccc(Cc2c(SC)cc(C)[nH]c2=O)c(C(N)=O)c1. The van der Waals surface area contributed by atoms with Gasteiger partial charge in [0.2, 0.25) is 15.9 Å². The van der Waals surface area contributed by atoms with Crippen LogP contribution in [0.3, 0.4) is 0 Å². The molecule has 27 heavy (non-hydrogen) atoms. The van der Waals surface area contributed by atoms with Crippen LogP contribution in [0.25, 0.3) is 0 Å². The zero-order valence-electron chi connectivity index (χ0n) is 15.0. The molecule has 4 N–H and O–H groups in total. The molecule has 1 aromatic heterocycles. The Kier molecular flexibility index (Phi) is 6.63. The summed E-state index contributed by atoms with van der Waals surface area (Å²) >= 11 is 1.45. The number of sulfonamides is 1.